The van der Waals surface area contributed by atoms with Crippen LogP contribution >= 0.6 is 0 Å². The van der Waals surface area contributed by atoms with Gasteiger partial charge in [0.25, 0.3) is 5.56 Å². The topological polar surface area (TPSA) is 42.1 Å². The molecule has 1 aromatic carbocycles. The summed E-state index contributed by atoms with van der Waals surface area (Å²) >= 11 is 0. The van der Waals surface area contributed by atoms with Crippen LogP contribution in [0.5, 0.6) is 11.5 Å². The van der Waals surface area contributed by atoms with Gasteiger partial charge in [-0.1, -0.05) is 58.9 Å². The lowest BCUT2D eigenvalue weighted by molar-refractivity contribution is 0.468. The number of H-pyrrole nitrogens is 1. The first-order valence-corrected chi connectivity index (χ1v) is 10.1. The minimum absolute atomic E-state index is 0. The van der Waals surface area contributed by atoms with Crippen LogP contribution in [0.2, 0.25) is 0 Å². The molecular formula is C25H35NO2. The average molecular weight is 382 g/mol. The summed E-state index contributed by atoms with van der Waals surface area (Å²) in [6, 6.07) is 11.3. The predicted octanol–water partition coefficient (Wildman–Crippen LogP) is 7.11. The highest BCUT2D eigenvalue weighted by molar-refractivity contribution is 5.41. The monoisotopic (exact) mass is 381 g/mol. The summed E-state index contributed by atoms with van der Waals surface area (Å²) in [7, 11) is 0. The van der Waals surface area contributed by atoms with Gasteiger partial charge in [0.1, 0.15) is 5.75 Å². The Bertz CT molecular complexity index is 893. The Morgan fingerprint density at radius 1 is 1.36 bits per heavy atom. The van der Waals surface area contributed by atoms with Gasteiger partial charge in [-0.3, -0.25) is 4.79 Å². The summed E-state index contributed by atoms with van der Waals surface area (Å²) in [6.45, 7) is 14.3. The van der Waals surface area contributed by atoms with E-state index in [0.29, 0.717) is 17.4 Å². The number of fused-ring (bicyclic) bond motifs is 1. The molecule has 0 fully saturated rings. The van der Waals surface area contributed by atoms with Crippen LogP contribution in [0.4, 0.5) is 0 Å². The van der Waals surface area contributed by atoms with Crippen molar-refractivity contribution in [2.24, 2.45) is 0 Å². The van der Waals surface area contributed by atoms with Crippen LogP contribution in [0.1, 0.15) is 78.9 Å². The third-order valence-corrected chi connectivity index (χ3v) is 5.24. The fourth-order valence-corrected chi connectivity index (χ4v) is 3.67. The van der Waals surface area contributed by atoms with E-state index in [1.165, 1.54) is 30.4 Å². The molecule has 3 rings (SSSR count). The van der Waals surface area contributed by atoms with E-state index < -0.39 is 0 Å². The first-order valence-electron chi connectivity index (χ1n) is 10.1. The quantitative estimate of drug-likeness (QED) is 0.561. The van der Waals surface area contributed by atoms with E-state index in [2.05, 4.69) is 51.9 Å². The number of aromatic nitrogens is 1. The van der Waals surface area contributed by atoms with Crippen LogP contribution in [0.3, 0.4) is 0 Å². The van der Waals surface area contributed by atoms with E-state index in [9.17, 15) is 4.79 Å². The Morgan fingerprint density at radius 3 is 2.64 bits per heavy atom. The van der Waals surface area contributed by atoms with Crippen LogP contribution in [0.25, 0.3) is 0 Å². The first kappa shape index (κ1) is 21.8. The van der Waals surface area contributed by atoms with Crippen molar-refractivity contribution in [1.82, 2.24) is 4.98 Å². The molecule has 2 aromatic rings. The average Bonchev–Trinajstić information content (AvgIpc) is 2.89. The number of para-hydroxylation sites is 1. The third-order valence-electron chi connectivity index (χ3n) is 5.24. The van der Waals surface area contributed by atoms with Crippen LogP contribution in [-0.4, -0.2) is 4.98 Å². The highest BCUT2D eigenvalue weighted by Gasteiger charge is 2.36. The largest absolute Gasteiger partial charge is 0.452 e. The molecule has 1 heterocycles. The van der Waals surface area contributed by atoms with Gasteiger partial charge in [0.05, 0.1) is 0 Å². The van der Waals surface area contributed by atoms with Crippen molar-refractivity contribution < 1.29 is 6.16 Å². The number of rotatable bonds is 5. The van der Waals surface area contributed by atoms with E-state index >= 15 is 0 Å². The summed E-state index contributed by atoms with van der Waals surface area (Å²) in [5.41, 5.74) is 6.27. The van der Waals surface area contributed by atoms with Gasteiger partial charge >= 0.3 is 0 Å². The Hall–Kier alpha value is -2.51. The molecule has 0 saturated carbocycles. The number of benzene rings is 1. The van der Waals surface area contributed by atoms with Crippen LogP contribution in [0.15, 0.2) is 59.1 Å². The van der Waals surface area contributed by atoms with Gasteiger partial charge in [0.15, 0.2) is 5.75 Å². The molecule has 3 heteroatoms. The van der Waals surface area contributed by atoms with Crippen molar-refractivity contribution in [1.29, 1.82) is 0 Å². The second-order valence-electron chi connectivity index (χ2n) is 8.26. The van der Waals surface area contributed by atoms with Gasteiger partial charge < -0.3 is 9.72 Å². The molecule has 0 saturated heterocycles. The minimum Gasteiger partial charge on any atom is -0.452 e. The molecule has 152 valence electrons. The molecule has 0 bridgehead atoms. The zero-order valence-corrected chi connectivity index (χ0v) is 17.9. The van der Waals surface area contributed by atoms with Crippen LogP contribution < -0.4 is 10.3 Å². The Kier molecular flexibility index (Phi) is 7.48. The van der Waals surface area contributed by atoms with E-state index in [1.807, 2.05) is 36.4 Å². The van der Waals surface area contributed by atoms with Crippen molar-refractivity contribution in [2.75, 3.05) is 0 Å². The molecule has 1 aromatic heterocycles. The van der Waals surface area contributed by atoms with E-state index in [-0.39, 0.29) is 12.4 Å². The van der Waals surface area contributed by atoms with Gasteiger partial charge in [-0.2, -0.15) is 0 Å². The third kappa shape index (κ3) is 5.50. The Balaban J connectivity index is 0.000000403. The van der Waals surface area contributed by atoms with Gasteiger partial charge in [0.2, 0.25) is 0 Å². The van der Waals surface area contributed by atoms with Gasteiger partial charge in [-0.15, -0.1) is 5.73 Å². The van der Waals surface area contributed by atoms with Gasteiger partial charge in [0, 0.05) is 12.5 Å². The molecule has 0 aliphatic heterocycles. The zero-order valence-electron chi connectivity index (χ0n) is 17.9. The summed E-state index contributed by atoms with van der Waals surface area (Å²) in [6.07, 6.45) is 4.75. The number of unbranched alkanes of at least 4 members (excludes halogenated alkanes) is 1. The number of nitrogens with one attached hydrogen (secondary N) is 1. The maximum atomic E-state index is 12.2. The van der Waals surface area contributed by atoms with Crippen LogP contribution in [0, 0.1) is 0 Å². The maximum absolute atomic E-state index is 12.2. The van der Waals surface area contributed by atoms with E-state index in [4.69, 9.17) is 4.74 Å². The normalized spacial score (nSPS) is 16.4. The maximum Gasteiger partial charge on any atom is 0.291 e. The standard InChI is InChI=1S/C17H19NO2.C8H14.H2/c1-11-10-17(2,3)15-13(11)9-14(16(19)18-15)20-12-7-5-4-6-8-12;1-4-6-7-8(3)5-2;/h4-9,11H,10H2,1-3H3,(H,18,19);2,4,6-7H2,1,3H3;1H. The lowest BCUT2D eigenvalue weighted by atomic mass is 9.89. The molecule has 0 radical (unpaired) electrons. The zero-order chi connectivity index (χ0) is 20.7. The summed E-state index contributed by atoms with van der Waals surface area (Å²) in [5, 5.41) is 0. The fourth-order valence-electron chi connectivity index (χ4n) is 3.67. The first-order chi connectivity index (χ1) is 13.3. The van der Waals surface area contributed by atoms with Crippen molar-refractivity contribution in [3.8, 4) is 11.5 Å². The van der Waals surface area contributed by atoms with E-state index in [0.717, 1.165) is 12.1 Å². The van der Waals surface area contributed by atoms with Crippen molar-refractivity contribution in [2.45, 2.75) is 71.6 Å². The Labute approximate surface area is 170 Å². The van der Waals surface area contributed by atoms with Crippen molar-refractivity contribution in [3.63, 3.8) is 0 Å². The molecule has 3 nitrogen and oxygen atoms in total. The summed E-state index contributed by atoms with van der Waals surface area (Å²) < 4.78 is 5.71. The van der Waals surface area contributed by atoms with Crippen molar-refractivity contribution in [3.05, 3.63) is 75.9 Å². The number of hydrogen-bond donors (Lipinski definition) is 1. The predicted molar refractivity (Wildman–Crippen MR) is 120 cm³/mol. The second kappa shape index (κ2) is 9.61. The SMILES string of the molecule is C=C=C(C)CCCC.CC1CC(C)(C)c2[nH]c(=O)c(Oc3ccccc3)cc21.[HH]. The molecule has 1 unspecified atom stereocenters. The Morgan fingerprint density at radius 2 is 2.04 bits per heavy atom. The van der Waals surface area contributed by atoms with Crippen molar-refractivity contribution >= 4 is 0 Å². The second-order valence-corrected chi connectivity index (χ2v) is 8.26. The fraction of sp³-hybridized carbons (Fsp3) is 0.440. The lowest BCUT2D eigenvalue weighted by Gasteiger charge is -2.18. The number of allylic oxidation sites excluding steroid dienone is 1. The minimum atomic E-state index is -0.158. The van der Waals surface area contributed by atoms with Crippen LogP contribution in [-0.2, 0) is 5.41 Å². The van der Waals surface area contributed by atoms with Gasteiger partial charge in [-0.05, 0) is 61.4 Å². The summed E-state index contributed by atoms with van der Waals surface area (Å²) in [4.78, 5) is 15.2. The smallest absolute Gasteiger partial charge is 0.291 e. The molecule has 0 spiro atoms. The molecule has 1 atom stereocenters. The summed E-state index contributed by atoms with van der Waals surface area (Å²) in [5.74, 6) is 1.50. The van der Waals surface area contributed by atoms with Gasteiger partial charge in [-0.25, -0.2) is 0 Å². The molecule has 1 aliphatic rings. The number of hydrogen-bond acceptors (Lipinski definition) is 2. The number of aromatic amines is 1. The molecular weight excluding hydrogens is 346 g/mol. The highest BCUT2D eigenvalue weighted by atomic mass is 16.5. The highest BCUT2D eigenvalue weighted by Crippen LogP contribution is 2.44. The van der Waals surface area contributed by atoms with E-state index in [1.54, 1.807) is 0 Å². The lowest BCUT2D eigenvalue weighted by Crippen LogP contribution is -2.20. The molecule has 28 heavy (non-hydrogen) atoms. The number of pyridine rings is 1. The number of ether oxygens (including phenoxy) is 1. The molecule has 1 N–H and O–H groups in total. The molecule has 1 aliphatic carbocycles. The molecule has 0 amide bonds.